The number of hydrogen-bond donors (Lipinski definition) is 2. The highest BCUT2D eigenvalue weighted by atomic mass is 16.5. The molecule has 0 saturated carbocycles. The highest BCUT2D eigenvalue weighted by Gasteiger charge is 2.25. The average Bonchev–Trinajstić information content (AvgIpc) is 2.50. The van der Waals surface area contributed by atoms with Crippen molar-refractivity contribution in [2.75, 3.05) is 5.32 Å². The number of anilines is 1. The van der Waals surface area contributed by atoms with Gasteiger partial charge in [0.1, 0.15) is 5.75 Å². The van der Waals surface area contributed by atoms with Crippen molar-refractivity contribution in [3.63, 3.8) is 0 Å². The molecule has 1 aromatic carbocycles. The Morgan fingerprint density at radius 1 is 1.50 bits per heavy atom. The van der Waals surface area contributed by atoms with Gasteiger partial charge in [0.2, 0.25) is 5.91 Å². The first-order valence-electron chi connectivity index (χ1n) is 7.52. The van der Waals surface area contributed by atoms with Gasteiger partial charge >= 0.3 is 0 Å². The highest BCUT2D eigenvalue weighted by Crippen LogP contribution is 2.30. The Kier molecular flexibility index (Phi) is 5.21. The van der Waals surface area contributed by atoms with Gasteiger partial charge in [0.25, 0.3) is 6.71 Å². The van der Waals surface area contributed by atoms with E-state index in [1.807, 2.05) is 13.0 Å². The summed E-state index contributed by atoms with van der Waals surface area (Å²) in [4.78, 5) is 11.3. The molecule has 0 atom stereocenters. The Morgan fingerprint density at radius 2 is 2.18 bits per heavy atom. The summed E-state index contributed by atoms with van der Waals surface area (Å²) in [5.41, 5.74) is 2.19. The summed E-state index contributed by atoms with van der Waals surface area (Å²) >= 11 is 0. The predicted molar refractivity (Wildman–Crippen MR) is 88.0 cm³/mol. The Bertz CT molecular complexity index is 617. The first kappa shape index (κ1) is 16.1. The minimum atomic E-state index is -0.174. The Balaban J connectivity index is 2.15. The SMILES string of the molecule is CC(=O)Nc1cc(OC2CCB(C#N)CC2)c(C)cc1C=N. The van der Waals surface area contributed by atoms with Crippen LogP contribution in [0.1, 0.15) is 30.9 Å². The van der Waals surface area contributed by atoms with E-state index < -0.39 is 0 Å². The van der Waals surface area contributed by atoms with Crippen molar-refractivity contribution in [1.29, 1.82) is 10.7 Å². The molecular formula is C16H20BN3O2. The highest BCUT2D eigenvalue weighted by molar-refractivity contribution is 6.67. The lowest BCUT2D eigenvalue weighted by Crippen LogP contribution is -2.27. The number of benzene rings is 1. The van der Waals surface area contributed by atoms with Crippen LogP contribution in [0.5, 0.6) is 5.75 Å². The largest absolute Gasteiger partial charge is 0.490 e. The summed E-state index contributed by atoms with van der Waals surface area (Å²) in [5.74, 6) is 2.88. The molecule has 1 aromatic rings. The molecule has 1 heterocycles. The fourth-order valence-corrected chi connectivity index (χ4v) is 2.74. The summed E-state index contributed by atoms with van der Waals surface area (Å²) in [6.45, 7) is 3.52. The van der Waals surface area contributed by atoms with Crippen molar-refractivity contribution in [2.45, 2.75) is 45.4 Å². The molecule has 5 nitrogen and oxygen atoms in total. The fourth-order valence-electron chi connectivity index (χ4n) is 2.74. The molecule has 0 radical (unpaired) electrons. The number of nitrogens with zero attached hydrogens (tertiary/aromatic N) is 1. The molecule has 1 saturated heterocycles. The quantitative estimate of drug-likeness (QED) is 0.661. The van der Waals surface area contributed by atoms with E-state index in [9.17, 15) is 4.79 Å². The number of hydrogen-bond acceptors (Lipinski definition) is 4. The van der Waals surface area contributed by atoms with Crippen molar-refractivity contribution in [3.05, 3.63) is 23.3 Å². The van der Waals surface area contributed by atoms with Crippen LogP contribution in [0, 0.1) is 23.6 Å². The number of rotatable bonds is 4. The van der Waals surface area contributed by atoms with E-state index in [0.717, 1.165) is 36.8 Å². The Hall–Kier alpha value is -2.29. The van der Waals surface area contributed by atoms with E-state index in [-0.39, 0.29) is 18.7 Å². The van der Waals surface area contributed by atoms with Crippen LogP contribution in [0.15, 0.2) is 12.1 Å². The van der Waals surface area contributed by atoms with Gasteiger partial charge in [-0.2, -0.15) is 0 Å². The number of nitriles is 1. The summed E-state index contributed by atoms with van der Waals surface area (Å²) in [6.07, 6.45) is 4.83. The fraction of sp³-hybridized carbons (Fsp3) is 0.438. The molecule has 1 aliphatic rings. The molecule has 0 bridgehead atoms. The smallest absolute Gasteiger partial charge is 0.268 e. The maximum atomic E-state index is 11.3. The number of amides is 1. The lowest BCUT2D eigenvalue weighted by atomic mass is 9.42. The molecule has 1 fully saturated rings. The van der Waals surface area contributed by atoms with Crippen LogP contribution in [0.25, 0.3) is 0 Å². The van der Waals surface area contributed by atoms with E-state index >= 15 is 0 Å². The number of nitrogens with one attached hydrogen (secondary N) is 2. The third kappa shape index (κ3) is 3.88. The molecule has 0 aromatic heterocycles. The van der Waals surface area contributed by atoms with Gasteiger partial charge < -0.3 is 15.5 Å². The summed E-state index contributed by atoms with van der Waals surface area (Å²) in [6, 6.07) is 3.63. The van der Waals surface area contributed by atoms with Gasteiger partial charge in [0.05, 0.1) is 11.8 Å². The first-order chi connectivity index (χ1) is 10.5. The Labute approximate surface area is 131 Å². The lowest BCUT2D eigenvalue weighted by Gasteiger charge is -2.25. The molecular weight excluding hydrogens is 277 g/mol. The maximum absolute atomic E-state index is 11.3. The molecule has 0 aliphatic carbocycles. The van der Waals surface area contributed by atoms with Crippen LogP contribution in [0.4, 0.5) is 5.69 Å². The first-order valence-corrected chi connectivity index (χ1v) is 7.52. The van der Waals surface area contributed by atoms with E-state index in [1.54, 1.807) is 6.07 Å². The zero-order valence-corrected chi connectivity index (χ0v) is 13.0. The van der Waals surface area contributed by atoms with Crippen molar-refractivity contribution in [1.82, 2.24) is 0 Å². The zero-order chi connectivity index (χ0) is 16.1. The van der Waals surface area contributed by atoms with Gasteiger partial charge in [0, 0.05) is 30.7 Å². The predicted octanol–water partition coefficient (Wildman–Crippen LogP) is 3.05. The second-order valence-electron chi connectivity index (χ2n) is 5.75. The molecule has 0 spiro atoms. The molecule has 1 aliphatic heterocycles. The third-order valence-electron chi connectivity index (χ3n) is 3.96. The van der Waals surface area contributed by atoms with Crippen molar-refractivity contribution >= 4 is 24.5 Å². The van der Waals surface area contributed by atoms with Gasteiger partial charge in [-0.1, -0.05) is 12.6 Å². The molecule has 22 heavy (non-hydrogen) atoms. The van der Waals surface area contributed by atoms with Crippen LogP contribution in [-0.4, -0.2) is 24.9 Å². The molecule has 0 unspecified atom stereocenters. The minimum Gasteiger partial charge on any atom is -0.490 e. The third-order valence-corrected chi connectivity index (χ3v) is 3.96. The van der Waals surface area contributed by atoms with Gasteiger partial charge in [-0.25, -0.2) is 5.26 Å². The molecule has 1 amide bonds. The van der Waals surface area contributed by atoms with Crippen LogP contribution >= 0.6 is 0 Å². The van der Waals surface area contributed by atoms with E-state index in [1.165, 1.54) is 13.1 Å². The second kappa shape index (κ2) is 7.12. The van der Waals surface area contributed by atoms with Gasteiger partial charge in [-0.15, -0.1) is 0 Å². The van der Waals surface area contributed by atoms with Crippen LogP contribution in [0.3, 0.4) is 0 Å². The molecule has 2 N–H and O–H groups in total. The van der Waals surface area contributed by atoms with Crippen LogP contribution in [-0.2, 0) is 4.79 Å². The minimum absolute atomic E-state index is 0.110. The van der Waals surface area contributed by atoms with E-state index in [2.05, 4.69) is 11.3 Å². The van der Waals surface area contributed by atoms with Crippen molar-refractivity contribution in [2.24, 2.45) is 0 Å². The number of aryl methyl sites for hydroxylation is 1. The maximum Gasteiger partial charge on any atom is 0.268 e. The van der Waals surface area contributed by atoms with Crippen molar-refractivity contribution in [3.8, 4) is 11.7 Å². The number of ether oxygens (including phenoxy) is 1. The lowest BCUT2D eigenvalue weighted by molar-refractivity contribution is -0.114. The molecule has 2 rings (SSSR count). The van der Waals surface area contributed by atoms with Crippen LogP contribution < -0.4 is 10.1 Å². The zero-order valence-electron chi connectivity index (χ0n) is 13.0. The Morgan fingerprint density at radius 3 is 2.73 bits per heavy atom. The standard InChI is InChI=1S/C16H20BN3O2/c1-11-7-13(9-18)15(20-12(2)21)8-16(11)22-14-3-5-17(10-19)6-4-14/h7-9,14,18H,3-6H2,1-2H3,(H,20,21). The number of carbonyl (C=O) groups is 1. The van der Waals surface area contributed by atoms with E-state index in [4.69, 9.17) is 15.4 Å². The summed E-state index contributed by atoms with van der Waals surface area (Å²) in [7, 11) is 0. The number of carbonyl (C=O) groups excluding carboxylic acids is 1. The topological polar surface area (TPSA) is 86.0 Å². The summed E-state index contributed by atoms with van der Waals surface area (Å²) in [5, 5.41) is 19.1. The summed E-state index contributed by atoms with van der Waals surface area (Å²) < 4.78 is 6.06. The van der Waals surface area contributed by atoms with Crippen molar-refractivity contribution < 1.29 is 9.53 Å². The van der Waals surface area contributed by atoms with E-state index in [0.29, 0.717) is 11.3 Å². The van der Waals surface area contributed by atoms with Gasteiger partial charge in [-0.05, 0) is 31.4 Å². The van der Waals surface area contributed by atoms with Gasteiger partial charge in [0.15, 0.2) is 0 Å². The normalized spacial score (nSPS) is 15.0. The molecule has 6 heteroatoms. The van der Waals surface area contributed by atoms with Gasteiger partial charge in [-0.3, -0.25) is 4.79 Å². The molecule has 114 valence electrons. The van der Waals surface area contributed by atoms with Crippen LogP contribution in [0.2, 0.25) is 12.6 Å². The second-order valence-corrected chi connectivity index (χ2v) is 5.75. The monoisotopic (exact) mass is 297 g/mol. The average molecular weight is 297 g/mol.